The van der Waals surface area contributed by atoms with E-state index in [4.69, 9.17) is 4.74 Å². The Bertz CT molecular complexity index is 871. The number of carbonyl (C=O) groups is 1. The molecule has 1 amide bonds. The van der Waals surface area contributed by atoms with Gasteiger partial charge in [-0.1, -0.05) is 28.1 Å². The van der Waals surface area contributed by atoms with E-state index in [2.05, 4.69) is 25.9 Å². The molecule has 3 rings (SSSR count). The molecule has 0 aliphatic heterocycles. The topological polar surface area (TPSA) is 55.3 Å². The van der Waals surface area contributed by atoms with E-state index < -0.39 is 0 Å². The number of pyridine rings is 2. The predicted octanol–water partition coefficient (Wildman–Crippen LogP) is 4.30. The van der Waals surface area contributed by atoms with Crippen LogP contribution in [0.25, 0.3) is 0 Å². The highest BCUT2D eigenvalue weighted by molar-refractivity contribution is 9.10. The van der Waals surface area contributed by atoms with Gasteiger partial charge in [-0.05, 0) is 42.0 Å². The van der Waals surface area contributed by atoms with E-state index in [0.717, 1.165) is 10.0 Å². The van der Waals surface area contributed by atoms with Gasteiger partial charge in [0.2, 0.25) is 5.88 Å². The number of amides is 1. The molecule has 5 nitrogen and oxygen atoms in total. The second-order valence-electron chi connectivity index (χ2n) is 5.44. The van der Waals surface area contributed by atoms with Gasteiger partial charge in [0, 0.05) is 36.7 Å². The zero-order valence-electron chi connectivity index (χ0n) is 13.6. The van der Waals surface area contributed by atoms with Crippen molar-refractivity contribution in [1.82, 2.24) is 14.9 Å². The number of ether oxygens (including phenoxy) is 1. The highest BCUT2D eigenvalue weighted by Gasteiger charge is 2.18. The van der Waals surface area contributed by atoms with Crippen molar-refractivity contribution in [2.24, 2.45) is 0 Å². The lowest BCUT2D eigenvalue weighted by Gasteiger charge is -2.18. The summed E-state index contributed by atoms with van der Waals surface area (Å²) in [5, 5.41) is 0. The minimum absolute atomic E-state index is 0.165. The van der Waals surface area contributed by atoms with E-state index in [1.54, 1.807) is 42.7 Å². The summed E-state index contributed by atoms with van der Waals surface area (Å²) in [6.45, 7) is 0.456. The second-order valence-corrected chi connectivity index (χ2v) is 6.35. The first kappa shape index (κ1) is 17.1. The molecule has 126 valence electrons. The number of benzene rings is 1. The molecular formula is C19H16BrN3O2. The van der Waals surface area contributed by atoms with Crippen LogP contribution in [0.5, 0.6) is 11.6 Å². The van der Waals surface area contributed by atoms with Gasteiger partial charge in [0.25, 0.3) is 5.91 Å². The Morgan fingerprint density at radius 1 is 1.16 bits per heavy atom. The van der Waals surface area contributed by atoms with Crippen LogP contribution in [0.4, 0.5) is 0 Å². The van der Waals surface area contributed by atoms with E-state index >= 15 is 0 Å². The SMILES string of the molecule is CN(Cc1cccnc1)C(=O)c1cccnc1Oc1cccc(Br)c1. The van der Waals surface area contributed by atoms with E-state index in [-0.39, 0.29) is 11.8 Å². The molecule has 0 unspecified atom stereocenters. The van der Waals surface area contributed by atoms with Crippen molar-refractivity contribution in [3.63, 3.8) is 0 Å². The van der Waals surface area contributed by atoms with Crippen molar-refractivity contribution < 1.29 is 9.53 Å². The standard InChI is InChI=1S/C19H16BrN3O2/c1-23(13-14-5-3-9-21-12-14)19(24)17-8-4-10-22-18(17)25-16-7-2-6-15(20)11-16/h2-12H,13H2,1H3. The summed E-state index contributed by atoms with van der Waals surface area (Å²) >= 11 is 3.40. The molecule has 2 aromatic heterocycles. The van der Waals surface area contributed by atoms with Crippen molar-refractivity contribution in [2.45, 2.75) is 6.54 Å². The van der Waals surface area contributed by atoms with E-state index in [1.165, 1.54) is 0 Å². The summed E-state index contributed by atoms with van der Waals surface area (Å²) < 4.78 is 6.70. The maximum absolute atomic E-state index is 12.8. The number of rotatable bonds is 5. The van der Waals surface area contributed by atoms with Gasteiger partial charge in [-0.3, -0.25) is 9.78 Å². The Kier molecular flexibility index (Phi) is 5.40. The van der Waals surface area contributed by atoms with Gasteiger partial charge in [0.05, 0.1) is 0 Å². The first-order valence-electron chi connectivity index (χ1n) is 7.66. The summed E-state index contributed by atoms with van der Waals surface area (Å²) in [6, 6.07) is 14.6. The van der Waals surface area contributed by atoms with Gasteiger partial charge in [-0.15, -0.1) is 0 Å². The van der Waals surface area contributed by atoms with Crippen molar-refractivity contribution in [2.75, 3.05) is 7.05 Å². The van der Waals surface area contributed by atoms with Crippen LogP contribution in [0.1, 0.15) is 15.9 Å². The summed E-state index contributed by atoms with van der Waals surface area (Å²) in [4.78, 5) is 22.7. The molecule has 0 atom stereocenters. The molecule has 0 radical (unpaired) electrons. The van der Waals surface area contributed by atoms with Crippen LogP contribution in [-0.4, -0.2) is 27.8 Å². The van der Waals surface area contributed by atoms with Crippen LogP contribution in [0.2, 0.25) is 0 Å². The molecule has 0 bridgehead atoms. The summed E-state index contributed by atoms with van der Waals surface area (Å²) in [5.74, 6) is 0.725. The van der Waals surface area contributed by atoms with Gasteiger partial charge in [0.1, 0.15) is 11.3 Å². The van der Waals surface area contributed by atoms with E-state index in [1.807, 2.05) is 36.4 Å². The molecule has 0 saturated heterocycles. The first-order chi connectivity index (χ1) is 12.1. The van der Waals surface area contributed by atoms with E-state index in [9.17, 15) is 4.79 Å². The third-order valence-electron chi connectivity index (χ3n) is 3.50. The molecule has 0 saturated carbocycles. The lowest BCUT2D eigenvalue weighted by Crippen LogP contribution is -2.26. The average molecular weight is 398 g/mol. The van der Waals surface area contributed by atoms with Crippen LogP contribution in [0, 0.1) is 0 Å². The Morgan fingerprint density at radius 3 is 2.76 bits per heavy atom. The zero-order chi connectivity index (χ0) is 17.6. The third-order valence-corrected chi connectivity index (χ3v) is 3.99. The smallest absolute Gasteiger partial charge is 0.259 e. The van der Waals surface area contributed by atoms with Gasteiger partial charge in [0.15, 0.2) is 0 Å². The van der Waals surface area contributed by atoms with Crippen molar-refractivity contribution in [3.8, 4) is 11.6 Å². The maximum Gasteiger partial charge on any atom is 0.259 e. The minimum atomic E-state index is -0.165. The lowest BCUT2D eigenvalue weighted by atomic mass is 10.2. The maximum atomic E-state index is 12.8. The van der Waals surface area contributed by atoms with Crippen molar-refractivity contribution in [1.29, 1.82) is 0 Å². The highest BCUT2D eigenvalue weighted by Crippen LogP contribution is 2.26. The number of aromatic nitrogens is 2. The normalized spacial score (nSPS) is 10.3. The Hall–Kier alpha value is -2.73. The fourth-order valence-corrected chi connectivity index (χ4v) is 2.70. The summed E-state index contributed by atoms with van der Waals surface area (Å²) in [5.41, 5.74) is 1.37. The number of carbonyl (C=O) groups excluding carboxylic acids is 1. The van der Waals surface area contributed by atoms with E-state index in [0.29, 0.717) is 17.9 Å². The molecule has 25 heavy (non-hydrogen) atoms. The van der Waals surface area contributed by atoms with Gasteiger partial charge >= 0.3 is 0 Å². The molecule has 6 heteroatoms. The zero-order valence-corrected chi connectivity index (χ0v) is 15.2. The average Bonchev–Trinajstić information content (AvgIpc) is 2.62. The van der Waals surface area contributed by atoms with Crippen LogP contribution < -0.4 is 4.74 Å². The number of hydrogen-bond acceptors (Lipinski definition) is 4. The van der Waals surface area contributed by atoms with Crippen LogP contribution in [0.15, 0.2) is 71.6 Å². The fourth-order valence-electron chi connectivity index (χ4n) is 2.32. The molecule has 2 heterocycles. The number of nitrogens with zero attached hydrogens (tertiary/aromatic N) is 3. The van der Waals surface area contributed by atoms with Crippen LogP contribution in [-0.2, 0) is 6.54 Å². The number of hydrogen-bond donors (Lipinski definition) is 0. The molecule has 3 aromatic rings. The van der Waals surface area contributed by atoms with Gasteiger partial charge < -0.3 is 9.64 Å². The Morgan fingerprint density at radius 2 is 2.00 bits per heavy atom. The molecule has 0 fully saturated rings. The van der Waals surface area contributed by atoms with Crippen molar-refractivity contribution >= 4 is 21.8 Å². The Labute approximate surface area is 154 Å². The third kappa shape index (κ3) is 4.42. The first-order valence-corrected chi connectivity index (χ1v) is 8.45. The second kappa shape index (κ2) is 7.90. The quantitative estimate of drug-likeness (QED) is 0.643. The molecule has 0 aliphatic rings. The summed E-state index contributed by atoms with van der Waals surface area (Å²) in [7, 11) is 1.74. The molecular weight excluding hydrogens is 382 g/mol. The van der Waals surface area contributed by atoms with Crippen LogP contribution >= 0.6 is 15.9 Å². The number of halogens is 1. The fraction of sp³-hybridized carbons (Fsp3) is 0.105. The van der Waals surface area contributed by atoms with Crippen LogP contribution in [0.3, 0.4) is 0 Å². The minimum Gasteiger partial charge on any atom is -0.438 e. The van der Waals surface area contributed by atoms with Gasteiger partial charge in [-0.25, -0.2) is 4.98 Å². The lowest BCUT2D eigenvalue weighted by molar-refractivity contribution is 0.0781. The molecule has 1 aromatic carbocycles. The summed E-state index contributed by atoms with van der Waals surface area (Å²) in [6.07, 6.45) is 5.05. The molecule has 0 aliphatic carbocycles. The molecule has 0 N–H and O–H groups in total. The van der Waals surface area contributed by atoms with Crippen molar-refractivity contribution in [3.05, 3.63) is 82.7 Å². The molecule has 0 spiro atoms. The largest absolute Gasteiger partial charge is 0.438 e. The predicted molar refractivity (Wildman–Crippen MR) is 98.5 cm³/mol. The monoisotopic (exact) mass is 397 g/mol. The van der Waals surface area contributed by atoms with Gasteiger partial charge in [-0.2, -0.15) is 0 Å². The highest BCUT2D eigenvalue weighted by atomic mass is 79.9. The Balaban J connectivity index is 1.81.